The van der Waals surface area contributed by atoms with E-state index in [1.54, 1.807) is 30.3 Å². The zero-order valence-electron chi connectivity index (χ0n) is 16.5. The summed E-state index contributed by atoms with van der Waals surface area (Å²) in [5.41, 5.74) is 0.555. The molecule has 2 N–H and O–H groups in total. The average Bonchev–Trinajstić information content (AvgIpc) is 2.68. The van der Waals surface area contributed by atoms with Gasteiger partial charge in [0, 0.05) is 35.0 Å². The largest absolute Gasteiger partial charge is 0.494 e. The number of ether oxygens (including phenoxy) is 2. The monoisotopic (exact) mass is 472 g/mol. The van der Waals surface area contributed by atoms with Crippen molar-refractivity contribution in [1.82, 2.24) is 0 Å². The van der Waals surface area contributed by atoms with Gasteiger partial charge < -0.3 is 14.8 Å². The first-order valence-electron chi connectivity index (χ1n) is 9.15. The van der Waals surface area contributed by atoms with Crippen LogP contribution >= 0.6 is 23.2 Å². The smallest absolute Gasteiger partial charge is 0.235 e. The Morgan fingerprint density at radius 1 is 1.13 bits per heavy atom. The number of sulfonamides is 1. The molecule has 0 saturated carbocycles. The van der Waals surface area contributed by atoms with E-state index in [1.807, 2.05) is 0 Å². The SMILES string of the molecule is COc1cc(NC(=O)C2(c3ccc(Cl)cc3Cl)CCOCC2)ccc1NS(C)(=O)=O. The topological polar surface area (TPSA) is 93.7 Å². The Morgan fingerprint density at radius 3 is 2.43 bits per heavy atom. The summed E-state index contributed by atoms with van der Waals surface area (Å²) in [5, 5.41) is 3.83. The van der Waals surface area contributed by atoms with Crippen LogP contribution in [-0.4, -0.2) is 40.9 Å². The highest BCUT2D eigenvalue weighted by atomic mass is 35.5. The maximum absolute atomic E-state index is 13.4. The predicted molar refractivity (Wildman–Crippen MR) is 118 cm³/mol. The molecule has 1 amide bonds. The van der Waals surface area contributed by atoms with E-state index < -0.39 is 15.4 Å². The quantitative estimate of drug-likeness (QED) is 0.660. The van der Waals surface area contributed by atoms with Crippen LogP contribution in [0.25, 0.3) is 0 Å². The van der Waals surface area contributed by atoms with E-state index in [4.69, 9.17) is 32.7 Å². The number of amides is 1. The number of nitrogens with one attached hydrogen (secondary N) is 2. The van der Waals surface area contributed by atoms with Crippen LogP contribution in [0.5, 0.6) is 5.75 Å². The number of carbonyl (C=O) groups excluding carboxylic acids is 1. The Hall–Kier alpha value is -2.00. The first-order valence-corrected chi connectivity index (χ1v) is 11.8. The minimum absolute atomic E-state index is 0.235. The summed E-state index contributed by atoms with van der Waals surface area (Å²) >= 11 is 12.5. The van der Waals surface area contributed by atoms with Gasteiger partial charge in [0.05, 0.1) is 24.5 Å². The van der Waals surface area contributed by atoms with Gasteiger partial charge in [0.15, 0.2) is 0 Å². The molecule has 3 rings (SSSR count). The molecule has 162 valence electrons. The van der Waals surface area contributed by atoms with Crippen molar-refractivity contribution in [3.05, 3.63) is 52.0 Å². The fourth-order valence-electron chi connectivity index (χ4n) is 3.52. The normalized spacial score (nSPS) is 16.0. The first-order chi connectivity index (χ1) is 14.1. The van der Waals surface area contributed by atoms with E-state index in [9.17, 15) is 13.2 Å². The molecule has 0 radical (unpaired) electrons. The lowest BCUT2D eigenvalue weighted by Gasteiger charge is -2.37. The molecule has 0 unspecified atom stereocenters. The van der Waals surface area contributed by atoms with Gasteiger partial charge in [-0.3, -0.25) is 9.52 Å². The summed E-state index contributed by atoms with van der Waals surface area (Å²) in [6.07, 6.45) is 1.98. The molecule has 0 bridgehead atoms. The molecule has 1 fully saturated rings. The van der Waals surface area contributed by atoms with Crippen LogP contribution in [0, 0.1) is 0 Å². The van der Waals surface area contributed by atoms with Gasteiger partial charge in [-0.05, 0) is 42.7 Å². The number of methoxy groups -OCH3 is 1. The fraction of sp³-hybridized carbons (Fsp3) is 0.350. The number of carbonyl (C=O) groups is 1. The lowest BCUT2D eigenvalue weighted by molar-refractivity contribution is -0.125. The van der Waals surface area contributed by atoms with Crippen molar-refractivity contribution in [3.8, 4) is 5.75 Å². The standard InChI is InChI=1S/C20H22Cl2N2O5S/c1-28-18-12-14(4-6-17(18)24-30(2,26)27)23-19(25)20(7-9-29-10-8-20)15-5-3-13(21)11-16(15)22/h3-6,11-12,24H,7-10H2,1-2H3,(H,23,25). The van der Waals surface area contributed by atoms with E-state index in [1.165, 1.54) is 13.2 Å². The number of hydrogen-bond acceptors (Lipinski definition) is 5. The Balaban J connectivity index is 1.93. The van der Waals surface area contributed by atoms with Crippen molar-refractivity contribution in [2.24, 2.45) is 0 Å². The van der Waals surface area contributed by atoms with Gasteiger partial charge in [-0.2, -0.15) is 0 Å². The number of benzene rings is 2. The third-order valence-electron chi connectivity index (χ3n) is 4.98. The molecule has 0 aliphatic carbocycles. The summed E-state index contributed by atoms with van der Waals surface area (Å²) in [7, 11) is -2.06. The van der Waals surface area contributed by atoms with E-state index >= 15 is 0 Å². The lowest BCUT2D eigenvalue weighted by atomic mass is 9.73. The molecule has 1 aliphatic heterocycles. The number of halogens is 2. The highest BCUT2D eigenvalue weighted by Gasteiger charge is 2.43. The van der Waals surface area contributed by atoms with Gasteiger partial charge in [-0.25, -0.2) is 8.42 Å². The minimum atomic E-state index is -3.47. The van der Waals surface area contributed by atoms with Gasteiger partial charge in [-0.15, -0.1) is 0 Å². The van der Waals surface area contributed by atoms with Crippen LogP contribution in [0.3, 0.4) is 0 Å². The molecule has 0 atom stereocenters. The summed E-state index contributed by atoms with van der Waals surface area (Å²) in [6.45, 7) is 0.847. The molecular weight excluding hydrogens is 451 g/mol. The molecule has 1 aliphatic rings. The van der Waals surface area contributed by atoms with Crippen LogP contribution in [0.2, 0.25) is 10.0 Å². The molecule has 0 spiro atoms. The van der Waals surface area contributed by atoms with Crippen molar-refractivity contribution in [3.63, 3.8) is 0 Å². The van der Waals surface area contributed by atoms with Crippen molar-refractivity contribution >= 4 is 50.5 Å². The minimum Gasteiger partial charge on any atom is -0.494 e. The Morgan fingerprint density at radius 2 is 1.83 bits per heavy atom. The lowest BCUT2D eigenvalue weighted by Crippen LogP contribution is -2.45. The Bertz CT molecular complexity index is 1050. The molecule has 1 saturated heterocycles. The van der Waals surface area contributed by atoms with E-state index in [-0.39, 0.29) is 17.3 Å². The third kappa shape index (κ3) is 5.00. The highest BCUT2D eigenvalue weighted by molar-refractivity contribution is 7.92. The van der Waals surface area contributed by atoms with Crippen molar-refractivity contribution in [2.45, 2.75) is 18.3 Å². The van der Waals surface area contributed by atoms with E-state index in [0.29, 0.717) is 47.4 Å². The average molecular weight is 473 g/mol. The van der Waals surface area contributed by atoms with Crippen LogP contribution in [0.4, 0.5) is 11.4 Å². The fourth-order valence-corrected chi connectivity index (χ4v) is 4.68. The van der Waals surface area contributed by atoms with Crippen LogP contribution in [0.15, 0.2) is 36.4 Å². The van der Waals surface area contributed by atoms with Gasteiger partial charge in [0.25, 0.3) is 0 Å². The number of hydrogen-bond donors (Lipinski definition) is 2. The van der Waals surface area contributed by atoms with Gasteiger partial charge >= 0.3 is 0 Å². The number of rotatable bonds is 6. The zero-order valence-corrected chi connectivity index (χ0v) is 18.8. The second-order valence-electron chi connectivity index (χ2n) is 7.06. The van der Waals surface area contributed by atoms with Crippen LogP contribution in [0.1, 0.15) is 18.4 Å². The van der Waals surface area contributed by atoms with Gasteiger partial charge in [0.2, 0.25) is 15.9 Å². The second-order valence-corrected chi connectivity index (χ2v) is 9.65. The Labute approximate surface area is 185 Å². The zero-order chi connectivity index (χ0) is 21.9. The van der Waals surface area contributed by atoms with Crippen molar-refractivity contribution in [1.29, 1.82) is 0 Å². The molecule has 2 aromatic carbocycles. The summed E-state index contributed by atoms with van der Waals surface area (Å²) in [5.74, 6) is 0.0460. The third-order valence-corrected chi connectivity index (χ3v) is 6.12. The van der Waals surface area contributed by atoms with E-state index in [0.717, 1.165) is 6.26 Å². The molecule has 30 heavy (non-hydrogen) atoms. The summed E-state index contributed by atoms with van der Waals surface area (Å²) < 4.78 is 36.2. The number of anilines is 2. The molecule has 2 aromatic rings. The summed E-state index contributed by atoms with van der Waals surface area (Å²) in [4.78, 5) is 13.4. The second kappa shape index (κ2) is 9.01. The molecule has 7 nitrogen and oxygen atoms in total. The maximum atomic E-state index is 13.4. The first kappa shape index (κ1) is 22.7. The molecule has 10 heteroatoms. The maximum Gasteiger partial charge on any atom is 0.235 e. The van der Waals surface area contributed by atoms with Gasteiger partial charge in [-0.1, -0.05) is 29.3 Å². The van der Waals surface area contributed by atoms with Crippen LogP contribution < -0.4 is 14.8 Å². The summed E-state index contributed by atoms with van der Waals surface area (Å²) in [6, 6.07) is 9.79. The highest BCUT2D eigenvalue weighted by Crippen LogP contribution is 2.41. The van der Waals surface area contributed by atoms with Crippen molar-refractivity contribution in [2.75, 3.05) is 36.6 Å². The van der Waals surface area contributed by atoms with Crippen LogP contribution in [-0.2, 0) is 25.0 Å². The molecular formula is C20H22Cl2N2O5S. The Kier molecular flexibility index (Phi) is 6.81. The van der Waals surface area contributed by atoms with Crippen molar-refractivity contribution < 1.29 is 22.7 Å². The van der Waals surface area contributed by atoms with Gasteiger partial charge in [0.1, 0.15) is 5.75 Å². The molecule has 1 heterocycles. The van der Waals surface area contributed by atoms with E-state index in [2.05, 4.69) is 10.0 Å². The molecule has 0 aromatic heterocycles. The predicted octanol–water partition coefficient (Wildman–Crippen LogP) is 4.06.